The van der Waals surface area contributed by atoms with Crippen molar-refractivity contribution in [2.75, 3.05) is 28.2 Å². The van der Waals surface area contributed by atoms with Crippen molar-refractivity contribution in [3.05, 3.63) is 96.1 Å². The van der Waals surface area contributed by atoms with Gasteiger partial charge in [0.05, 0.1) is 22.6 Å². The Balaban J connectivity index is 1.55. The number of carboxylic acids is 1. The maximum atomic E-state index is 13.5. The van der Waals surface area contributed by atoms with E-state index in [1.807, 2.05) is 54.6 Å². The lowest BCUT2D eigenvalue weighted by atomic mass is 10.0. The lowest BCUT2D eigenvalue weighted by Crippen LogP contribution is -2.35. The highest BCUT2D eigenvalue weighted by Crippen LogP contribution is 2.42. The number of amides is 1. The Labute approximate surface area is 204 Å². The van der Waals surface area contributed by atoms with Crippen LogP contribution in [0.15, 0.2) is 84.9 Å². The van der Waals surface area contributed by atoms with Crippen LogP contribution in [0.2, 0.25) is 0 Å². The van der Waals surface area contributed by atoms with Crippen LogP contribution < -0.4 is 15.1 Å². The molecule has 4 aromatic rings. The summed E-state index contributed by atoms with van der Waals surface area (Å²) in [6.07, 6.45) is 0.877. The van der Waals surface area contributed by atoms with Crippen molar-refractivity contribution in [1.29, 1.82) is 0 Å². The fourth-order valence-corrected chi connectivity index (χ4v) is 4.75. The highest BCUT2D eigenvalue weighted by atomic mass is 16.4. The van der Waals surface area contributed by atoms with E-state index in [0.717, 1.165) is 29.0 Å². The van der Waals surface area contributed by atoms with Gasteiger partial charge in [-0.15, -0.1) is 0 Å². The first-order chi connectivity index (χ1) is 17.1. The Morgan fingerprint density at radius 3 is 2.46 bits per heavy atom. The molecule has 0 aromatic heterocycles. The molecule has 0 radical (unpaired) electrons. The second-order valence-corrected chi connectivity index (χ2v) is 8.65. The fourth-order valence-electron chi connectivity index (χ4n) is 4.75. The van der Waals surface area contributed by atoms with Crippen molar-refractivity contribution < 1.29 is 14.7 Å². The second kappa shape index (κ2) is 9.50. The number of hydrogen-bond donors (Lipinski definition) is 2. The summed E-state index contributed by atoms with van der Waals surface area (Å²) in [4.78, 5) is 28.8. The van der Waals surface area contributed by atoms with Crippen molar-refractivity contribution in [2.24, 2.45) is 0 Å². The number of anilines is 4. The summed E-state index contributed by atoms with van der Waals surface area (Å²) in [7, 11) is 0. The first kappa shape index (κ1) is 22.5. The largest absolute Gasteiger partial charge is 0.480 e. The fraction of sp³-hybridized carbons (Fsp3) is 0.172. The van der Waals surface area contributed by atoms with Crippen LogP contribution in [0.4, 0.5) is 22.7 Å². The maximum Gasteiger partial charge on any atom is 0.323 e. The van der Waals surface area contributed by atoms with E-state index in [4.69, 9.17) is 0 Å². The predicted octanol–water partition coefficient (Wildman–Crippen LogP) is 6.04. The van der Waals surface area contributed by atoms with Crippen LogP contribution in [-0.4, -0.2) is 30.1 Å². The number of aliphatic carboxylic acids is 1. The molecule has 2 N–H and O–H groups in total. The molecular formula is C29H27N3O3. The van der Waals surface area contributed by atoms with Gasteiger partial charge in [0.25, 0.3) is 5.91 Å². The van der Waals surface area contributed by atoms with E-state index in [1.54, 1.807) is 6.07 Å². The second-order valence-electron chi connectivity index (χ2n) is 8.65. The quantitative estimate of drug-likeness (QED) is 0.348. The third-order valence-corrected chi connectivity index (χ3v) is 6.33. The molecule has 1 heterocycles. The zero-order valence-electron chi connectivity index (χ0n) is 19.6. The van der Waals surface area contributed by atoms with Crippen LogP contribution in [0.1, 0.15) is 29.3 Å². The van der Waals surface area contributed by atoms with Crippen LogP contribution in [0.5, 0.6) is 0 Å². The van der Waals surface area contributed by atoms with E-state index in [-0.39, 0.29) is 5.91 Å². The number of carbonyl (C=O) groups is 2. The number of rotatable bonds is 7. The number of nitrogens with zero attached hydrogens (tertiary/aromatic N) is 2. The number of fused-ring (bicyclic) bond motifs is 3. The summed E-state index contributed by atoms with van der Waals surface area (Å²) in [6.45, 7) is 2.99. The van der Waals surface area contributed by atoms with Gasteiger partial charge in [0, 0.05) is 18.8 Å². The summed E-state index contributed by atoms with van der Waals surface area (Å²) < 4.78 is 0. The van der Waals surface area contributed by atoms with Gasteiger partial charge in [-0.2, -0.15) is 0 Å². The van der Waals surface area contributed by atoms with Gasteiger partial charge in [-0.1, -0.05) is 61.5 Å². The first-order valence-electron chi connectivity index (χ1n) is 11.8. The Morgan fingerprint density at radius 1 is 0.857 bits per heavy atom. The summed E-state index contributed by atoms with van der Waals surface area (Å²) in [6, 6.07) is 27.7. The number of hydrogen-bond acceptors (Lipinski definition) is 4. The van der Waals surface area contributed by atoms with Gasteiger partial charge in [0.2, 0.25) is 0 Å². The molecule has 0 aliphatic carbocycles. The van der Waals surface area contributed by atoms with E-state index < -0.39 is 12.5 Å². The van der Waals surface area contributed by atoms with Gasteiger partial charge < -0.3 is 15.3 Å². The van der Waals surface area contributed by atoms with Gasteiger partial charge in [-0.3, -0.25) is 14.5 Å². The van der Waals surface area contributed by atoms with E-state index in [1.165, 1.54) is 15.7 Å². The smallest absolute Gasteiger partial charge is 0.323 e. The topological polar surface area (TPSA) is 72.9 Å². The minimum atomic E-state index is -1.06. The summed E-state index contributed by atoms with van der Waals surface area (Å²) in [5, 5.41) is 15.5. The molecule has 4 aromatic carbocycles. The summed E-state index contributed by atoms with van der Waals surface area (Å²) in [5.41, 5.74) is 4.69. The molecular weight excluding hydrogens is 438 g/mol. The number of carbonyl (C=O) groups excluding carboxylic acids is 1. The van der Waals surface area contributed by atoms with Crippen molar-refractivity contribution in [3.8, 4) is 0 Å². The van der Waals surface area contributed by atoms with Crippen molar-refractivity contribution >= 4 is 45.4 Å². The van der Waals surface area contributed by atoms with Gasteiger partial charge in [0.15, 0.2) is 0 Å². The Kier molecular flexibility index (Phi) is 6.10. The van der Waals surface area contributed by atoms with E-state index in [9.17, 15) is 14.7 Å². The average molecular weight is 466 g/mol. The molecule has 176 valence electrons. The van der Waals surface area contributed by atoms with Gasteiger partial charge in [-0.05, 0) is 53.1 Å². The van der Waals surface area contributed by atoms with E-state index >= 15 is 0 Å². The third kappa shape index (κ3) is 4.30. The van der Waals surface area contributed by atoms with Crippen molar-refractivity contribution in [1.82, 2.24) is 0 Å². The zero-order chi connectivity index (χ0) is 24.4. The van der Waals surface area contributed by atoms with Crippen LogP contribution in [0.3, 0.4) is 0 Å². The van der Waals surface area contributed by atoms with E-state index in [2.05, 4.69) is 41.4 Å². The lowest BCUT2D eigenvalue weighted by Gasteiger charge is -2.27. The number of para-hydroxylation sites is 1. The standard InChI is InChI=1S/C29H27N3O3/c1-2-16-31-25-13-6-5-12-24(25)29(35)32(19-28(33)34)27-17-22(14-15-26(27)31)30-18-21-10-7-9-20-8-3-4-11-23(20)21/h3-15,17,30H,2,16,18-19H2,1H3,(H,33,34). The number of nitrogens with one attached hydrogen (secondary N) is 1. The number of carboxylic acid groups (broad SMARTS) is 1. The maximum absolute atomic E-state index is 13.5. The molecule has 0 saturated carbocycles. The van der Waals surface area contributed by atoms with Gasteiger partial charge in [-0.25, -0.2) is 0 Å². The Hall–Kier alpha value is -4.32. The highest BCUT2D eigenvalue weighted by Gasteiger charge is 2.31. The molecule has 5 rings (SSSR count). The molecule has 1 aliphatic rings. The van der Waals surface area contributed by atoms with Crippen LogP contribution in [0, 0.1) is 0 Å². The molecule has 6 heteroatoms. The molecule has 0 bridgehead atoms. The van der Waals surface area contributed by atoms with Crippen molar-refractivity contribution in [2.45, 2.75) is 19.9 Å². The molecule has 1 aliphatic heterocycles. The molecule has 6 nitrogen and oxygen atoms in total. The molecule has 0 fully saturated rings. The summed E-state index contributed by atoms with van der Waals surface area (Å²) in [5.74, 6) is -1.37. The molecule has 1 amide bonds. The lowest BCUT2D eigenvalue weighted by molar-refractivity contribution is -0.135. The van der Waals surface area contributed by atoms with Gasteiger partial charge >= 0.3 is 5.97 Å². The SMILES string of the molecule is CCCN1c2ccccc2C(=O)N(CC(=O)O)c2cc(NCc3cccc4ccccc34)ccc21. The minimum Gasteiger partial charge on any atom is -0.480 e. The van der Waals surface area contributed by atoms with Crippen LogP contribution in [0.25, 0.3) is 10.8 Å². The van der Waals surface area contributed by atoms with Gasteiger partial charge in [0.1, 0.15) is 6.54 Å². The van der Waals surface area contributed by atoms with Crippen LogP contribution >= 0.6 is 0 Å². The predicted molar refractivity (Wildman–Crippen MR) is 141 cm³/mol. The van der Waals surface area contributed by atoms with Crippen LogP contribution in [-0.2, 0) is 11.3 Å². The Bertz CT molecular complexity index is 1410. The monoisotopic (exact) mass is 465 g/mol. The molecule has 0 atom stereocenters. The number of benzene rings is 4. The third-order valence-electron chi connectivity index (χ3n) is 6.33. The minimum absolute atomic E-state index is 0.311. The molecule has 0 unspecified atom stereocenters. The first-order valence-corrected chi connectivity index (χ1v) is 11.8. The zero-order valence-corrected chi connectivity index (χ0v) is 19.6. The molecule has 0 spiro atoms. The Morgan fingerprint density at radius 2 is 1.63 bits per heavy atom. The summed E-state index contributed by atoms with van der Waals surface area (Å²) >= 11 is 0. The molecule has 0 saturated heterocycles. The normalized spacial score (nSPS) is 12.8. The van der Waals surface area contributed by atoms with E-state index in [0.29, 0.717) is 24.3 Å². The molecule has 35 heavy (non-hydrogen) atoms. The van der Waals surface area contributed by atoms with Crippen molar-refractivity contribution in [3.63, 3.8) is 0 Å². The average Bonchev–Trinajstić information content (AvgIpc) is 2.97. The highest BCUT2D eigenvalue weighted by molar-refractivity contribution is 6.15.